The smallest absolute Gasteiger partial charge is 0.263 e. The third kappa shape index (κ3) is 1.82. The van der Waals surface area contributed by atoms with Gasteiger partial charge in [-0.25, -0.2) is 0 Å². The highest BCUT2D eigenvalue weighted by Gasteiger charge is 2.38. The van der Waals surface area contributed by atoms with Gasteiger partial charge in [0.15, 0.2) is 0 Å². The summed E-state index contributed by atoms with van der Waals surface area (Å²) in [6.45, 7) is 2.41. The summed E-state index contributed by atoms with van der Waals surface area (Å²) in [4.78, 5) is 29.4. The molecular weight excluding hydrogens is 218 g/mol. The largest absolute Gasteiger partial charge is 0.330 e. The first kappa shape index (κ1) is 11.7. The molecule has 0 fully saturated rings. The lowest BCUT2D eigenvalue weighted by Gasteiger charge is -2.24. The Morgan fingerprint density at radius 2 is 2.06 bits per heavy atom. The molecule has 2 N–H and O–H groups in total. The van der Waals surface area contributed by atoms with Crippen LogP contribution in [0.1, 0.15) is 40.5 Å². The number of nitrogens with zero attached hydrogens (tertiary/aromatic N) is 2. The van der Waals surface area contributed by atoms with Gasteiger partial charge in [0, 0.05) is 18.4 Å². The quantitative estimate of drug-likeness (QED) is 0.780. The lowest BCUT2D eigenvalue weighted by Crippen LogP contribution is -2.40. The van der Waals surface area contributed by atoms with Crippen LogP contribution < -0.4 is 5.73 Å². The van der Waals surface area contributed by atoms with Crippen LogP contribution in [0.2, 0.25) is 0 Å². The molecule has 0 radical (unpaired) electrons. The van der Waals surface area contributed by atoms with Gasteiger partial charge in [0.1, 0.15) is 0 Å². The first-order valence-corrected chi connectivity index (χ1v) is 5.72. The molecule has 17 heavy (non-hydrogen) atoms. The van der Waals surface area contributed by atoms with E-state index in [9.17, 15) is 9.59 Å². The lowest BCUT2D eigenvalue weighted by atomic mass is 10.1. The van der Waals surface area contributed by atoms with Gasteiger partial charge < -0.3 is 5.73 Å². The molecule has 0 aromatic carbocycles. The maximum absolute atomic E-state index is 12.1. The molecule has 0 bridgehead atoms. The molecule has 2 amide bonds. The Kier molecular flexibility index (Phi) is 3.19. The Bertz CT molecular complexity index is 424. The van der Waals surface area contributed by atoms with Gasteiger partial charge in [-0.1, -0.05) is 6.92 Å². The number of aromatic nitrogens is 1. The van der Waals surface area contributed by atoms with E-state index in [1.165, 1.54) is 17.3 Å². The zero-order valence-electron chi connectivity index (χ0n) is 9.72. The Labute approximate surface area is 99.6 Å². The number of carbonyl (C=O) groups is 2. The maximum atomic E-state index is 12.1. The van der Waals surface area contributed by atoms with Crippen molar-refractivity contribution < 1.29 is 9.59 Å². The third-order valence-electron chi connectivity index (χ3n) is 3.06. The van der Waals surface area contributed by atoms with Crippen molar-refractivity contribution in [3.8, 4) is 0 Å². The molecule has 1 aromatic rings. The van der Waals surface area contributed by atoms with Gasteiger partial charge in [0.05, 0.1) is 11.1 Å². The summed E-state index contributed by atoms with van der Waals surface area (Å²) in [7, 11) is 0. The normalized spacial score (nSPS) is 16.2. The average Bonchev–Trinajstić information content (AvgIpc) is 2.61. The molecule has 2 heterocycles. The fourth-order valence-corrected chi connectivity index (χ4v) is 2.14. The zero-order chi connectivity index (χ0) is 12.4. The van der Waals surface area contributed by atoms with E-state index in [1.54, 1.807) is 6.07 Å². The van der Waals surface area contributed by atoms with Crippen molar-refractivity contribution >= 4 is 11.8 Å². The van der Waals surface area contributed by atoms with Crippen LogP contribution in [0.5, 0.6) is 0 Å². The number of nitrogens with two attached hydrogens (primary N) is 1. The highest BCUT2D eigenvalue weighted by molar-refractivity contribution is 6.21. The molecule has 0 aliphatic carbocycles. The first-order chi connectivity index (χ1) is 8.20. The van der Waals surface area contributed by atoms with Crippen molar-refractivity contribution in [1.82, 2.24) is 9.88 Å². The Morgan fingerprint density at radius 1 is 1.35 bits per heavy atom. The molecule has 0 saturated heterocycles. The Morgan fingerprint density at radius 3 is 2.65 bits per heavy atom. The minimum absolute atomic E-state index is 0.118. The van der Waals surface area contributed by atoms with E-state index in [1.807, 2.05) is 6.92 Å². The standard InChI is InChI=1S/C12H15N3O2/c1-2-8(3-5-13)15-11(16)9-4-6-14-7-10(9)12(15)17/h4,6-8H,2-3,5,13H2,1H3. The van der Waals surface area contributed by atoms with E-state index in [4.69, 9.17) is 5.73 Å². The summed E-state index contributed by atoms with van der Waals surface area (Å²) in [5.74, 6) is -0.480. The fraction of sp³-hybridized carbons (Fsp3) is 0.417. The van der Waals surface area contributed by atoms with Crippen LogP contribution >= 0.6 is 0 Å². The summed E-state index contributed by atoms with van der Waals surface area (Å²) in [6.07, 6.45) is 4.33. The highest BCUT2D eigenvalue weighted by Crippen LogP contribution is 2.25. The number of rotatable bonds is 4. The topological polar surface area (TPSA) is 76.3 Å². The first-order valence-electron chi connectivity index (χ1n) is 5.72. The summed E-state index contributed by atoms with van der Waals surface area (Å²) < 4.78 is 0. The monoisotopic (exact) mass is 233 g/mol. The summed E-state index contributed by atoms with van der Waals surface area (Å²) in [5, 5.41) is 0. The summed E-state index contributed by atoms with van der Waals surface area (Å²) in [6, 6.07) is 1.47. The van der Waals surface area contributed by atoms with Crippen LogP contribution in [0.15, 0.2) is 18.5 Å². The predicted octanol–water partition coefficient (Wildman–Crippen LogP) is 0.805. The molecule has 2 rings (SSSR count). The van der Waals surface area contributed by atoms with E-state index >= 15 is 0 Å². The van der Waals surface area contributed by atoms with Crippen LogP contribution in [-0.2, 0) is 0 Å². The number of carbonyl (C=O) groups excluding carboxylic acids is 2. The number of hydrogen-bond donors (Lipinski definition) is 1. The van der Waals surface area contributed by atoms with Crippen molar-refractivity contribution in [2.75, 3.05) is 6.54 Å². The average molecular weight is 233 g/mol. The lowest BCUT2D eigenvalue weighted by molar-refractivity contribution is 0.0574. The van der Waals surface area contributed by atoms with Crippen molar-refractivity contribution in [2.24, 2.45) is 5.73 Å². The van der Waals surface area contributed by atoms with Crippen LogP contribution in [0.25, 0.3) is 0 Å². The molecule has 1 aliphatic heterocycles. The highest BCUT2D eigenvalue weighted by atomic mass is 16.2. The molecule has 90 valence electrons. The minimum atomic E-state index is -0.251. The molecule has 1 atom stereocenters. The Balaban J connectivity index is 2.35. The van der Waals surface area contributed by atoms with Gasteiger partial charge >= 0.3 is 0 Å². The van der Waals surface area contributed by atoms with Crippen molar-refractivity contribution in [3.05, 3.63) is 29.6 Å². The molecular formula is C12H15N3O2. The molecule has 0 spiro atoms. The van der Waals surface area contributed by atoms with Crippen LogP contribution in [0.4, 0.5) is 0 Å². The van der Waals surface area contributed by atoms with Gasteiger partial charge in [-0.3, -0.25) is 19.5 Å². The summed E-state index contributed by atoms with van der Waals surface area (Å²) >= 11 is 0. The third-order valence-corrected chi connectivity index (χ3v) is 3.06. The van der Waals surface area contributed by atoms with Gasteiger partial charge in [-0.2, -0.15) is 0 Å². The second kappa shape index (κ2) is 4.63. The van der Waals surface area contributed by atoms with Gasteiger partial charge in [-0.15, -0.1) is 0 Å². The second-order valence-electron chi connectivity index (χ2n) is 4.04. The Hall–Kier alpha value is -1.75. The van der Waals surface area contributed by atoms with E-state index < -0.39 is 0 Å². The minimum Gasteiger partial charge on any atom is -0.330 e. The van der Waals surface area contributed by atoms with Gasteiger partial charge in [0.2, 0.25) is 0 Å². The van der Waals surface area contributed by atoms with E-state index in [-0.39, 0.29) is 17.9 Å². The fourth-order valence-electron chi connectivity index (χ4n) is 2.14. The number of fused-ring (bicyclic) bond motifs is 1. The zero-order valence-corrected chi connectivity index (χ0v) is 9.72. The molecule has 5 heteroatoms. The van der Waals surface area contributed by atoms with Crippen LogP contribution in [0.3, 0.4) is 0 Å². The van der Waals surface area contributed by atoms with Crippen molar-refractivity contribution in [2.45, 2.75) is 25.8 Å². The van der Waals surface area contributed by atoms with E-state index in [2.05, 4.69) is 4.98 Å². The summed E-state index contributed by atoms with van der Waals surface area (Å²) in [5.41, 5.74) is 6.35. The van der Waals surface area contributed by atoms with E-state index in [0.717, 1.165) is 6.42 Å². The number of pyridine rings is 1. The van der Waals surface area contributed by atoms with Crippen molar-refractivity contribution in [3.63, 3.8) is 0 Å². The van der Waals surface area contributed by atoms with Gasteiger partial charge in [0.25, 0.3) is 11.8 Å². The number of amides is 2. The second-order valence-corrected chi connectivity index (χ2v) is 4.04. The van der Waals surface area contributed by atoms with Gasteiger partial charge in [-0.05, 0) is 25.5 Å². The van der Waals surface area contributed by atoms with Crippen LogP contribution in [-0.4, -0.2) is 34.3 Å². The number of hydrogen-bond acceptors (Lipinski definition) is 4. The molecule has 1 aliphatic rings. The molecule has 5 nitrogen and oxygen atoms in total. The number of imide groups is 1. The predicted molar refractivity (Wildman–Crippen MR) is 62.5 cm³/mol. The van der Waals surface area contributed by atoms with Crippen LogP contribution in [0, 0.1) is 0 Å². The maximum Gasteiger partial charge on any atom is 0.263 e. The van der Waals surface area contributed by atoms with E-state index in [0.29, 0.717) is 24.1 Å². The molecule has 0 saturated carbocycles. The van der Waals surface area contributed by atoms with Crippen molar-refractivity contribution in [1.29, 1.82) is 0 Å². The SMILES string of the molecule is CCC(CCN)N1C(=O)c2ccncc2C1=O. The molecule has 1 unspecified atom stereocenters. The molecule has 1 aromatic heterocycles.